The lowest BCUT2D eigenvalue weighted by molar-refractivity contribution is -0.144. The number of carbonyl (C=O) groups is 6. The van der Waals surface area contributed by atoms with Crippen molar-refractivity contribution in [1.82, 2.24) is 10.2 Å². The third kappa shape index (κ3) is 13.2. The maximum atomic E-state index is 14.5. The fourth-order valence-electron chi connectivity index (χ4n) is 8.25. The molecule has 0 spiro atoms. The summed E-state index contributed by atoms with van der Waals surface area (Å²) in [6.45, 7) is 4.07. The zero-order valence-corrected chi connectivity index (χ0v) is 36.6. The van der Waals surface area contributed by atoms with Crippen molar-refractivity contribution in [3.8, 4) is 33.8 Å². The number of phenols is 2. The highest BCUT2D eigenvalue weighted by molar-refractivity contribution is 5.96. The van der Waals surface area contributed by atoms with E-state index in [1.165, 1.54) is 60.8 Å². The molecule has 4 aromatic carbocycles. The van der Waals surface area contributed by atoms with Crippen LogP contribution in [0.3, 0.4) is 0 Å². The Bertz CT molecular complexity index is 2250. The van der Waals surface area contributed by atoms with Crippen LogP contribution in [0.1, 0.15) is 106 Å². The zero-order valence-electron chi connectivity index (χ0n) is 36.6. The van der Waals surface area contributed by atoms with Crippen LogP contribution in [-0.4, -0.2) is 75.0 Å². The number of unbranched alkanes of at least 4 members (excludes halogenated alkanes) is 2. The first kappa shape index (κ1) is 47.9. The van der Waals surface area contributed by atoms with Gasteiger partial charge in [-0.2, -0.15) is 0 Å². The summed E-state index contributed by atoms with van der Waals surface area (Å²) in [7, 11) is 1.46. The Kier molecular flexibility index (Phi) is 17.3. The standard InChI is InChI=1S/C51H61N3O9/c1-4-5-9-33-13-18-36(19-14-33)37-20-15-34(16-21-37)27-40(55)11-8-12-41(56)30-39(10-6-7-25-52)50(61)54(3)48-38-22-24-46(58)43(31-38)42-28-35(17-23-45(42)57)29-44(51(62)63)53-49(60)32(2)26-47(48)59/h13-24,28,31-32,39,44,48,57-58H,4-12,25-27,29-30,52H2,1-3H3,(H,53,60)(H,62,63)/t32-,39-,44+,48+/m1/s1. The van der Waals surface area contributed by atoms with Gasteiger partial charge < -0.3 is 31.3 Å². The van der Waals surface area contributed by atoms with Gasteiger partial charge >= 0.3 is 5.97 Å². The van der Waals surface area contributed by atoms with Crippen LogP contribution < -0.4 is 11.1 Å². The molecule has 12 heteroatoms. The maximum absolute atomic E-state index is 14.5. The normalized spacial score (nSPS) is 17.0. The Morgan fingerprint density at radius 3 is 2.03 bits per heavy atom. The summed E-state index contributed by atoms with van der Waals surface area (Å²) in [4.78, 5) is 82.0. The molecule has 4 atom stereocenters. The number of Topliss-reactive ketones (excluding diaryl/α,β-unsaturated/α-hetero) is 3. The second kappa shape index (κ2) is 22.8. The molecule has 0 radical (unpaired) electrons. The minimum absolute atomic E-state index is 0.00757. The SMILES string of the molecule is CCCCc1ccc(-c2ccc(CC(=O)CCCC(=O)C[C@@H](CCCCN)C(=O)N(C)[C@@H]3C(=O)C[C@@H](C)C(=O)N[C@H](C(=O)O)Cc4ccc(O)c(c4)-c4cc3ccc4O)cc2)cc1. The lowest BCUT2D eigenvalue weighted by Gasteiger charge is -2.32. The van der Waals surface area contributed by atoms with E-state index in [1.54, 1.807) is 0 Å². The summed E-state index contributed by atoms with van der Waals surface area (Å²) in [5, 5.41) is 34.3. The van der Waals surface area contributed by atoms with Crippen molar-refractivity contribution in [2.45, 2.75) is 109 Å². The fourth-order valence-corrected chi connectivity index (χ4v) is 8.25. The summed E-state index contributed by atoms with van der Waals surface area (Å²) in [5.41, 5.74) is 11.2. The van der Waals surface area contributed by atoms with E-state index in [0.29, 0.717) is 43.4 Å². The third-order valence-corrected chi connectivity index (χ3v) is 11.9. The van der Waals surface area contributed by atoms with Crippen LogP contribution in [0.15, 0.2) is 84.9 Å². The number of nitrogens with two attached hydrogens (primary N) is 1. The highest BCUT2D eigenvalue weighted by Gasteiger charge is 2.36. The van der Waals surface area contributed by atoms with Gasteiger partial charge in [-0.15, -0.1) is 0 Å². The highest BCUT2D eigenvalue weighted by Crippen LogP contribution is 2.39. The lowest BCUT2D eigenvalue weighted by Crippen LogP contribution is -2.45. The molecule has 4 aromatic rings. The molecule has 334 valence electrons. The van der Waals surface area contributed by atoms with Crippen molar-refractivity contribution in [3.63, 3.8) is 0 Å². The number of fused-ring (bicyclic) bond motifs is 5. The molecule has 12 nitrogen and oxygen atoms in total. The molecule has 1 aliphatic rings. The van der Waals surface area contributed by atoms with Crippen LogP contribution in [-0.2, 0) is 48.0 Å². The van der Waals surface area contributed by atoms with E-state index in [-0.39, 0.29) is 72.7 Å². The first-order valence-corrected chi connectivity index (χ1v) is 22.1. The van der Waals surface area contributed by atoms with Crippen LogP contribution in [0.5, 0.6) is 11.5 Å². The molecule has 63 heavy (non-hydrogen) atoms. The minimum atomic E-state index is -1.35. The first-order chi connectivity index (χ1) is 30.2. The number of aliphatic carboxylic acids is 1. The van der Waals surface area contributed by atoms with E-state index in [2.05, 4.69) is 36.5 Å². The average Bonchev–Trinajstić information content (AvgIpc) is 3.26. The number of carbonyl (C=O) groups excluding carboxylic acids is 5. The van der Waals surface area contributed by atoms with Gasteiger partial charge in [0.15, 0.2) is 5.78 Å². The van der Waals surface area contributed by atoms with Crippen LogP contribution in [0.2, 0.25) is 0 Å². The summed E-state index contributed by atoms with van der Waals surface area (Å²) in [6, 6.07) is 22.6. The van der Waals surface area contributed by atoms with Gasteiger partial charge in [0.25, 0.3) is 0 Å². The predicted molar refractivity (Wildman–Crippen MR) is 242 cm³/mol. The van der Waals surface area contributed by atoms with Gasteiger partial charge in [-0.25, -0.2) is 4.79 Å². The largest absolute Gasteiger partial charge is 0.507 e. The maximum Gasteiger partial charge on any atom is 0.326 e. The number of hydrogen-bond donors (Lipinski definition) is 5. The van der Waals surface area contributed by atoms with E-state index in [9.17, 15) is 44.1 Å². The summed E-state index contributed by atoms with van der Waals surface area (Å²) in [5.74, 6) is -5.37. The Balaban J connectivity index is 1.29. The molecule has 1 aliphatic heterocycles. The van der Waals surface area contributed by atoms with Crippen molar-refractivity contribution in [1.29, 1.82) is 0 Å². The molecule has 0 fully saturated rings. The molecule has 0 aromatic heterocycles. The number of phenolic OH excluding ortho intramolecular Hbond substituents is 2. The molecule has 6 N–H and O–H groups in total. The van der Waals surface area contributed by atoms with E-state index in [0.717, 1.165) is 36.0 Å². The third-order valence-electron chi connectivity index (χ3n) is 11.9. The number of amides is 2. The summed E-state index contributed by atoms with van der Waals surface area (Å²) >= 11 is 0. The van der Waals surface area contributed by atoms with E-state index >= 15 is 0 Å². The van der Waals surface area contributed by atoms with Gasteiger partial charge in [0.05, 0.1) is 0 Å². The molecule has 4 bridgehead atoms. The Hall–Kier alpha value is -6.14. The van der Waals surface area contributed by atoms with E-state index in [4.69, 9.17) is 5.73 Å². The number of ketones is 3. The zero-order chi connectivity index (χ0) is 45.6. The van der Waals surface area contributed by atoms with Gasteiger partial charge in [-0.1, -0.05) is 87.4 Å². The van der Waals surface area contributed by atoms with Gasteiger partial charge in [-0.3, -0.25) is 24.0 Å². The summed E-state index contributed by atoms with van der Waals surface area (Å²) < 4.78 is 0. The predicted octanol–water partition coefficient (Wildman–Crippen LogP) is 7.68. The Morgan fingerprint density at radius 1 is 0.778 bits per heavy atom. The van der Waals surface area contributed by atoms with Crippen LogP contribution >= 0.6 is 0 Å². The van der Waals surface area contributed by atoms with Gasteiger partial charge in [-0.05, 0) is 96.3 Å². The Labute approximate surface area is 369 Å². The highest BCUT2D eigenvalue weighted by atomic mass is 16.4. The number of aromatic hydroxyl groups is 2. The monoisotopic (exact) mass is 859 g/mol. The van der Waals surface area contributed by atoms with Crippen molar-refractivity contribution in [2.24, 2.45) is 17.6 Å². The number of aryl methyl sites for hydroxylation is 1. The fraction of sp³-hybridized carbons (Fsp3) is 0.412. The minimum Gasteiger partial charge on any atom is -0.507 e. The number of likely N-dealkylation sites (N-methyl/N-ethyl adjacent to an activating group) is 1. The lowest BCUT2D eigenvalue weighted by atomic mass is 9.88. The van der Waals surface area contributed by atoms with Crippen molar-refractivity contribution in [2.75, 3.05) is 13.6 Å². The number of rotatable bonds is 19. The van der Waals surface area contributed by atoms with Gasteiger partial charge in [0.2, 0.25) is 11.8 Å². The number of carboxylic acids is 1. The van der Waals surface area contributed by atoms with Crippen LogP contribution in [0, 0.1) is 11.8 Å². The quantitative estimate of drug-likeness (QED) is 0.0582. The van der Waals surface area contributed by atoms with Crippen molar-refractivity contribution < 1.29 is 44.1 Å². The molecule has 1 heterocycles. The van der Waals surface area contributed by atoms with Crippen LogP contribution in [0.4, 0.5) is 0 Å². The second-order valence-corrected chi connectivity index (χ2v) is 16.9. The molecular weight excluding hydrogens is 799 g/mol. The number of nitrogens with zero attached hydrogens (tertiary/aromatic N) is 1. The second-order valence-electron chi connectivity index (χ2n) is 16.9. The van der Waals surface area contributed by atoms with Gasteiger partial charge in [0, 0.05) is 68.5 Å². The van der Waals surface area contributed by atoms with Gasteiger partial charge in [0.1, 0.15) is 35.1 Å². The molecule has 0 saturated heterocycles. The molecule has 2 amide bonds. The van der Waals surface area contributed by atoms with Crippen LogP contribution in [0.25, 0.3) is 22.3 Å². The number of benzene rings is 4. The summed E-state index contributed by atoms with van der Waals surface area (Å²) in [6.07, 6.45) is 5.14. The Morgan fingerprint density at radius 2 is 1.40 bits per heavy atom. The molecule has 5 rings (SSSR count). The molecule has 0 saturated carbocycles. The number of nitrogens with one attached hydrogen (secondary N) is 1. The van der Waals surface area contributed by atoms with Crippen molar-refractivity contribution in [3.05, 3.63) is 107 Å². The van der Waals surface area contributed by atoms with E-state index in [1.807, 2.05) is 24.3 Å². The average molecular weight is 860 g/mol. The topological polar surface area (TPSA) is 204 Å². The number of carboxylic acid groups (broad SMARTS) is 1. The van der Waals surface area contributed by atoms with E-state index < -0.39 is 47.5 Å². The molecule has 0 unspecified atom stereocenters. The molecule has 0 aliphatic carbocycles. The number of hydrogen-bond acceptors (Lipinski definition) is 9. The smallest absolute Gasteiger partial charge is 0.326 e. The molecular formula is C51H61N3O9. The van der Waals surface area contributed by atoms with Crippen molar-refractivity contribution >= 4 is 35.1 Å². The first-order valence-electron chi connectivity index (χ1n) is 22.1.